The Morgan fingerprint density at radius 3 is 2.69 bits per heavy atom. The van der Waals surface area contributed by atoms with E-state index >= 15 is 0 Å². The monoisotopic (exact) mass is 238 g/mol. The van der Waals surface area contributed by atoms with Gasteiger partial charge in [0.2, 0.25) is 0 Å². The van der Waals surface area contributed by atoms with Crippen LogP contribution in [0, 0.1) is 0 Å². The van der Waals surface area contributed by atoms with Crippen LogP contribution in [0.15, 0.2) is 12.1 Å². The Hall–Kier alpha value is -0.380. The van der Waals surface area contributed by atoms with Gasteiger partial charge in [-0.3, -0.25) is 4.90 Å². The third-order valence-corrected chi connectivity index (χ3v) is 4.23. The van der Waals surface area contributed by atoms with E-state index in [1.807, 2.05) is 11.3 Å². The number of unbranched alkanes of at least 4 members (excludes halogenated alkanes) is 1. The second-order valence-electron chi connectivity index (χ2n) is 4.63. The largest absolute Gasteiger partial charge is 0.326 e. The van der Waals surface area contributed by atoms with Gasteiger partial charge < -0.3 is 5.73 Å². The molecule has 1 aliphatic rings. The fourth-order valence-corrected chi connectivity index (χ4v) is 2.93. The van der Waals surface area contributed by atoms with E-state index in [1.165, 1.54) is 42.0 Å². The van der Waals surface area contributed by atoms with E-state index in [0.29, 0.717) is 6.54 Å². The highest BCUT2D eigenvalue weighted by Gasteiger charge is 2.28. The van der Waals surface area contributed by atoms with E-state index in [-0.39, 0.29) is 0 Å². The molecular formula is C13H22N2S. The Morgan fingerprint density at radius 1 is 1.38 bits per heavy atom. The van der Waals surface area contributed by atoms with Crippen molar-refractivity contribution in [2.24, 2.45) is 5.73 Å². The molecule has 3 heteroatoms. The van der Waals surface area contributed by atoms with Crippen LogP contribution in [0.4, 0.5) is 0 Å². The molecule has 0 unspecified atom stereocenters. The van der Waals surface area contributed by atoms with E-state index in [9.17, 15) is 0 Å². The lowest BCUT2D eigenvalue weighted by atomic mass is 10.3. The minimum Gasteiger partial charge on any atom is -0.326 e. The summed E-state index contributed by atoms with van der Waals surface area (Å²) < 4.78 is 0. The lowest BCUT2D eigenvalue weighted by Crippen LogP contribution is -2.26. The zero-order valence-corrected chi connectivity index (χ0v) is 10.9. The quantitative estimate of drug-likeness (QED) is 0.791. The fraction of sp³-hybridized carbons (Fsp3) is 0.692. The Kier molecular flexibility index (Phi) is 4.38. The minimum absolute atomic E-state index is 0.684. The summed E-state index contributed by atoms with van der Waals surface area (Å²) in [5.74, 6) is 0. The maximum Gasteiger partial charge on any atom is 0.0330 e. The van der Waals surface area contributed by atoms with Gasteiger partial charge in [-0.2, -0.15) is 0 Å². The Bertz CT molecular complexity index is 317. The van der Waals surface area contributed by atoms with Crippen LogP contribution in [0.25, 0.3) is 0 Å². The minimum atomic E-state index is 0.684. The first-order valence-corrected chi connectivity index (χ1v) is 7.17. The van der Waals surface area contributed by atoms with Crippen molar-refractivity contribution in [2.75, 3.05) is 6.54 Å². The SMILES string of the molecule is CCCCN(Cc1ccc(CN)s1)C1CC1. The summed E-state index contributed by atoms with van der Waals surface area (Å²) in [6.45, 7) is 5.35. The van der Waals surface area contributed by atoms with Gasteiger partial charge in [0.1, 0.15) is 0 Å². The molecule has 2 N–H and O–H groups in total. The standard InChI is InChI=1S/C13H22N2S/c1-2-3-8-15(11-4-5-11)10-13-7-6-12(9-14)16-13/h6-7,11H,2-5,8-10,14H2,1H3. The third-order valence-electron chi connectivity index (χ3n) is 3.14. The molecule has 0 amide bonds. The maximum atomic E-state index is 5.64. The normalized spacial score (nSPS) is 15.9. The van der Waals surface area contributed by atoms with Crippen LogP contribution in [-0.4, -0.2) is 17.5 Å². The molecule has 1 aromatic heterocycles. The molecular weight excluding hydrogens is 216 g/mol. The first kappa shape index (κ1) is 12.1. The molecule has 16 heavy (non-hydrogen) atoms. The molecule has 1 aliphatic carbocycles. The molecule has 0 spiro atoms. The molecule has 2 nitrogen and oxygen atoms in total. The van der Waals surface area contributed by atoms with Gasteiger partial charge >= 0.3 is 0 Å². The molecule has 1 fully saturated rings. The van der Waals surface area contributed by atoms with Crippen LogP contribution in [0.3, 0.4) is 0 Å². The maximum absolute atomic E-state index is 5.64. The smallest absolute Gasteiger partial charge is 0.0330 e. The average Bonchev–Trinajstić information content (AvgIpc) is 3.05. The lowest BCUT2D eigenvalue weighted by molar-refractivity contribution is 0.253. The van der Waals surface area contributed by atoms with Crippen molar-refractivity contribution in [3.63, 3.8) is 0 Å². The van der Waals surface area contributed by atoms with Gasteiger partial charge in [0, 0.05) is 28.9 Å². The summed E-state index contributed by atoms with van der Waals surface area (Å²) in [7, 11) is 0. The number of nitrogens with two attached hydrogens (primary N) is 1. The van der Waals surface area contributed by atoms with E-state index in [1.54, 1.807) is 0 Å². The van der Waals surface area contributed by atoms with Crippen LogP contribution in [0.2, 0.25) is 0 Å². The molecule has 1 saturated carbocycles. The molecule has 0 bridgehead atoms. The van der Waals surface area contributed by atoms with Crippen LogP contribution >= 0.6 is 11.3 Å². The fourth-order valence-electron chi connectivity index (χ4n) is 2.01. The van der Waals surface area contributed by atoms with Gasteiger partial charge in [0.25, 0.3) is 0 Å². The highest BCUT2D eigenvalue weighted by atomic mass is 32.1. The van der Waals surface area contributed by atoms with E-state index in [2.05, 4.69) is 24.0 Å². The molecule has 1 aromatic rings. The Balaban J connectivity index is 1.88. The number of nitrogens with zero attached hydrogens (tertiary/aromatic N) is 1. The van der Waals surface area contributed by atoms with E-state index in [4.69, 9.17) is 5.73 Å². The van der Waals surface area contributed by atoms with Gasteiger partial charge in [-0.1, -0.05) is 13.3 Å². The molecule has 0 aliphatic heterocycles. The molecule has 0 aromatic carbocycles. The highest BCUT2D eigenvalue weighted by Crippen LogP contribution is 2.30. The molecule has 90 valence electrons. The number of hydrogen-bond acceptors (Lipinski definition) is 3. The molecule has 0 atom stereocenters. The van der Waals surface area contributed by atoms with Crippen LogP contribution < -0.4 is 5.73 Å². The van der Waals surface area contributed by atoms with Gasteiger partial charge in [0.05, 0.1) is 0 Å². The van der Waals surface area contributed by atoms with Crippen molar-refractivity contribution in [2.45, 2.75) is 51.7 Å². The van der Waals surface area contributed by atoms with Crippen molar-refractivity contribution in [1.29, 1.82) is 0 Å². The third kappa shape index (κ3) is 3.30. The van der Waals surface area contributed by atoms with E-state index < -0.39 is 0 Å². The number of hydrogen-bond donors (Lipinski definition) is 1. The Morgan fingerprint density at radius 2 is 2.12 bits per heavy atom. The van der Waals surface area contributed by atoms with Crippen molar-refractivity contribution >= 4 is 11.3 Å². The zero-order chi connectivity index (χ0) is 11.4. The molecule has 2 rings (SSSR count). The van der Waals surface area contributed by atoms with Gasteiger partial charge in [-0.15, -0.1) is 11.3 Å². The van der Waals surface area contributed by atoms with Crippen molar-refractivity contribution in [3.05, 3.63) is 21.9 Å². The highest BCUT2D eigenvalue weighted by molar-refractivity contribution is 7.11. The van der Waals surface area contributed by atoms with Crippen molar-refractivity contribution in [1.82, 2.24) is 4.90 Å². The molecule has 1 heterocycles. The second-order valence-corrected chi connectivity index (χ2v) is 5.88. The summed E-state index contributed by atoms with van der Waals surface area (Å²) in [4.78, 5) is 5.43. The van der Waals surface area contributed by atoms with Crippen molar-refractivity contribution in [3.8, 4) is 0 Å². The van der Waals surface area contributed by atoms with Crippen LogP contribution in [-0.2, 0) is 13.1 Å². The zero-order valence-electron chi connectivity index (χ0n) is 10.1. The number of rotatable bonds is 7. The Labute approximate surface area is 102 Å². The van der Waals surface area contributed by atoms with Crippen LogP contribution in [0.1, 0.15) is 42.4 Å². The topological polar surface area (TPSA) is 29.3 Å². The summed E-state index contributed by atoms with van der Waals surface area (Å²) in [6.07, 6.45) is 5.42. The lowest BCUT2D eigenvalue weighted by Gasteiger charge is -2.20. The average molecular weight is 238 g/mol. The first-order valence-electron chi connectivity index (χ1n) is 6.35. The predicted octanol–water partition coefficient (Wildman–Crippen LogP) is 2.97. The molecule has 0 saturated heterocycles. The second kappa shape index (κ2) is 5.80. The van der Waals surface area contributed by atoms with Gasteiger partial charge in [0.15, 0.2) is 0 Å². The van der Waals surface area contributed by atoms with Gasteiger partial charge in [-0.05, 0) is 37.9 Å². The number of thiophene rings is 1. The van der Waals surface area contributed by atoms with E-state index in [0.717, 1.165) is 12.6 Å². The summed E-state index contributed by atoms with van der Waals surface area (Å²) >= 11 is 1.87. The predicted molar refractivity (Wildman–Crippen MR) is 70.6 cm³/mol. The van der Waals surface area contributed by atoms with Gasteiger partial charge in [-0.25, -0.2) is 0 Å². The van der Waals surface area contributed by atoms with Crippen LogP contribution in [0.5, 0.6) is 0 Å². The summed E-state index contributed by atoms with van der Waals surface area (Å²) in [6, 6.07) is 5.29. The first-order chi connectivity index (χ1) is 7.83. The van der Waals surface area contributed by atoms with Crippen molar-refractivity contribution < 1.29 is 0 Å². The summed E-state index contributed by atoms with van der Waals surface area (Å²) in [5.41, 5.74) is 5.64. The molecule has 0 radical (unpaired) electrons. The summed E-state index contributed by atoms with van der Waals surface area (Å²) in [5, 5.41) is 0.